The van der Waals surface area contributed by atoms with Crippen LogP contribution in [0.1, 0.15) is 37.0 Å². The van der Waals surface area contributed by atoms with E-state index < -0.39 is 10.0 Å². The van der Waals surface area contributed by atoms with Crippen molar-refractivity contribution in [1.82, 2.24) is 14.9 Å². The number of likely N-dealkylation sites (N-methyl/N-ethyl adjacent to an activating group) is 1. The van der Waals surface area contributed by atoms with Crippen molar-refractivity contribution in [2.75, 3.05) is 26.7 Å². The topological polar surface area (TPSA) is 78.5 Å². The average molecular weight is 353 g/mol. The van der Waals surface area contributed by atoms with Crippen LogP contribution < -0.4 is 10.6 Å². The fourth-order valence-electron chi connectivity index (χ4n) is 2.60. The highest BCUT2D eigenvalue weighted by Crippen LogP contribution is 2.23. The zero-order chi connectivity index (χ0) is 17.7. The van der Waals surface area contributed by atoms with Gasteiger partial charge in [0.25, 0.3) is 5.91 Å². The first kappa shape index (κ1) is 18.9. The summed E-state index contributed by atoms with van der Waals surface area (Å²) in [6.07, 6.45) is 1.78. The van der Waals surface area contributed by atoms with E-state index in [0.29, 0.717) is 31.1 Å². The quantitative estimate of drug-likeness (QED) is 0.811. The Balaban J connectivity index is 2.04. The smallest absolute Gasteiger partial charge is 0.251 e. The largest absolute Gasteiger partial charge is 0.350 e. The highest BCUT2D eigenvalue weighted by molar-refractivity contribution is 7.89. The Bertz CT molecular complexity index is 650. The summed E-state index contributed by atoms with van der Waals surface area (Å²) in [5.74, 6) is 0.371. The molecule has 0 aromatic heterocycles. The number of carbonyl (C=O) groups is 1. The number of hydrogen-bond acceptors (Lipinski definition) is 4. The maximum atomic E-state index is 12.6. The molecule has 0 aliphatic carbocycles. The Hall–Kier alpha value is -1.44. The SMILES string of the molecule is CNC(C)CNC(=O)c1ccc(S(=O)(=O)N2CCC(C)CC2)cc1. The number of benzene rings is 1. The molecular formula is C17H27N3O3S. The lowest BCUT2D eigenvalue weighted by molar-refractivity contribution is 0.0950. The van der Waals surface area contributed by atoms with E-state index in [-0.39, 0.29) is 16.8 Å². The lowest BCUT2D eigenvalue weighted by Gasteiger charge is -2.29. The van der Waals surface area contributed by atoms with Gasteiger partial charge in [-0.05, 0) is 57.0 Å². The molecule has 0 saturated carbocycles. The van der Waals surface area contributed by atoms with E-state index in [4.69, 9.17) is 0 Å². The molecule has 1 saturated heterocycles. The zero-order valence-electron chi connectivity index (χ0n) is 14.6. The van der Waals surface area contributed by atoms with Crippen LogP contribution in [0, 0.1) is 5.92 Å². The van der Waals surface area contributed by atoms with E-state index in [1.165, 1.54) is 16.4 Å². The monoisotopic (exact) mass is 353 g/mol. The van der Waals surface area contributed by atoms with Crippen molar-refractivity contribution in [2.45, 2.75) is 37.6 Å². The van der Waals surface area contributed by atoms with Gasteiger partial charge in [-0.2, -0.15) is 4.31 Å². The number of carbonyl (C=O) groups excluding carboxylic acids is 1. The molecule has 0 radical (unpaired) electrons. The normalized spacial score (nSPS) is 18.3. The molecule has 1 aromatic rings. The van der Waals surface area contributed by atoms with Crippen molar-refractivity contribution in [1.29, 1.82) is 0 Å². The van der Waals surface area contributed by atoms with Crippen molar-refractivity contribution in [3.05, 3.63) is 29.8 Å². The molecule has 2 rings (SSSR count). The van der Waals surface area contributed by atoms with E-state index in [1.54, 1.807) is 12.1 Å². The van der Waals surface area contributed by atoms with Gasteiger partial charge in [-0.1, -0.05) is 6.92 Å². The summed E-state index contributed by atoms with van der Waals surface area (Å²) < 4.78 is 26.8. The Labute approximate surface area is 144 Å². The summed E-state index contributed by atoms with van der Waals surface area (Å²) in [6.45, 7) is 5.75. The van der Waals surface area contributed by atoms with Gasteiger partial charge in [0.05, 0.1) is 4.90 Å². The summed E-state index contributed by atoms with van der Waals surface area (Å²) >= 11 is 0. The number of nitrogens with zero attached hydrogens (tertiary/aromatic N) is 1. The van der Waals surface area contributed by atoms with Gasteiger partial charge >= 0.3 is 0 Å². The van der Waals surface area contributed by atoms with E-state index >= 15 is 0 Å². The maximum absolute atomic E-state index is 12.6. The van der Waals surface area contributed by atoms with Gasteiger partial charge in [0.1, 0.15) is 0 Å². The molecule has 1 fully saturated rings. The second kappa shape index (κ2) is 8.09. The summed E-state index contributed by atoms with van der Waals surface area (Å²) in [5, 5.41) is 5.86. The van der Waals surface area contributed by atoms with Crippen LogP contribution in [0.2, 0.25) is 0 Å². The van der Waals surface area contributed by atoms with Crippen molar-refractivity contribution in [2.24, 2.45) is 5.92 Å². The predicted octanol–water partition coefficient (Wildman–Crippen LogP) is 1.44. The molecule has 1 aliphatic heterocycles. The zero-order valence-corrected chi connectivity index (χ0v) is 15.4. The number of nitrogens with one attached hydrogen (secondary N) is 2. The lowest BCUT2D eigenvalue weighted by atomic mass is 10.0. The predicted molar refractivity (Wildman–Crippen MR) is 94.5 cm³/mol. The van der Waals surface area contributed by atoms with Crippen molar-refractivity contribution in [3.63, 3.8) is 0 Å². The minimum Gasteiger partial charge on any atom is -0.350 e. The molecule has 1 heterocycles. The van der Waals surface area contributed by atoms with E-state index in [0.717, 1.165) is 12.8 Å². The highest BCUT2D eigenvalue weighted by atomic mass is 32.2. The van der Waals surface area contributed by atoms with Gasteiger partial charge in [0, 0.05) is 31.2 Å². The lowest BCUT2D eigenvalue weighted by Crippen LogP contribution is -2.38. The third-order valence-corrected chi connectivity index (χ3v) is 6.47. The second-order valence-corrected chi connectivity index (χ2v) is 8.45. The molecular weight excluding hydrogens is 326 g/mol. The molecule has 1 atom stereocenters. The van der Waals surface area contributed by atoms with Gasteiger partial charge in [-0.15, -0.1) is 0 Å². The summed E-state index contributed by atoms with van der Waals surface area (Å²) in [4.78, 5) is 12.3. The van der Waals surface area contributed by atoms with E-state index in [2.05, 4.69) is 17.6 Å². The van der Waals surface area contributed by atoms with Crippen LogP contribution in [0.15, 0.2) is 29.2 Å². The summed E-state index contributed by atoms with van der Waals surface area (Å²) in [6, 6.07) is 6.35. The Kier molecular flexibility index (Phi) is 6.37. The third-order valence-electron chi connectivity index (χ3n) is 4.56. The molecule has 1 amide bonds. The molecule has 24 heavy (non-hydrogen) atoms. The van der Waals surface area contributed by atoms with E-state index in [9.17, 15) is 13.2 Å². The van der Waals surface area contributed by atoms with Crippen LogP contribution >= 0.6 is 0 Å². The van der Waals surface area contributed by atoms with Crippen LogP contribution in [0.25, 0.3) is 0 Å². The molecule has 0 spiro atoms. The van der Waals surface area contributed by atoms with Gasteiger partial charge in [0.2, 0.25) is 10.0 Å². The van der Waals surface area contributed by atoms with Crippen molar-refractivity contribution >= 4 is 15.9 Å². The summed E-state index contributed by atoms with van der Waals surface area (Å²) in [7, 11) is -1.63. The standard InChI is InChI=1S/C17H27N3O3S/c1-13-8-10-20(11-9-13)24(22,23)16-6-4-15(5-7-16)17(21)19-12-14(2)18-3/h4-7,13-14,18H,8-12H2,1-3H3,(H,19,21). The van der Waals surface area contributed by atoms with Crippen LogP contribution in [-0.4, -0.2) is 51.4 Å². The molecule has 7 heteroatoms. The molecule has 134 valence electrons. The molecule has 0 bridgehead atoms. The fraction of sp³-hybridized carbons (Fsp3) is 0.588. The first-order valence-electron chi connectivity index (χ1n) is 8.40. The number of hydrogen-bond donors (Lipinski definition) is 2. The molecule has 1 aromatic carbocycles. The van der Waals surface area contributed by atoms with Gasteiger partial charge < -0.3 is 10.6 Å². The number of rotatable bonds is 6. The minimum absolute atomic E-state index is 0.176. The minimum atomic E-state index is -3.47. The Morgan fingerprint density at radius 3 is 2.38 bits per heavy atom. The highest BCUT2D eigenvalue weighted by Gasteiger charge is 2.28. The van der Waals surface area contributed by atoms with Crippen LogP contribution in [0.5, 0.6) is 0 Å². The van der Waals surface area contributed by atoms with Gasteiger partial charge in [0.15, 0.2) is 0 Å². The average Bonchev–Trinajstić information content (AvgIpc) is 2.59. The van der Waals surface area contributed by atoms with E-state index in [1.807, 2.05) is 14.0 Å². The second-order valence-electron chi connectivity index (χ2n) is 6.51. The first-order chi connectivity index (χ1) is 11.3. The van der Waals surface area contributed by atoms with Crippen LogP contribution in [0.3, 0.4) is 0 Å². The Morgan fingerprint density at radius 1 is 1.25 bits per heavy atom. The van der Waals surface area contributed by atoms with Crippen LogP contribution in [0.4, 0.5) is 0 Å². The fourth-order valence-corrected chi connectivity index (χ4v) is 4.07. The maximum Gasteiger partial charge on any atom is 0.251 e. The summed E-state index contributed by atoms with van der Waals surface area (Å²) in [5.41, 5.74) is 0.463. The van der Waals surface area contributed by atoms with Gasteiger partial charge in [-0.3, -0.25) is 4.79 Å². The van der Waals surface area contributed by atoms with Crippen molar-refractivity contribution < 1.29 is 13.2 Å². The molecule has 1 unspecified atom stereocenters. The molecule has 1 aliphatic rings. The first-order valence-corrected chi connectivity index (χ1v) is 9.84. The number of piperidine rings is 1. The van der Waals surface area contributed by atoms with Gasteiger partial charge in [-0.25, -0.2) is 8.42 Å². The van der Waals surface area contributed by atoms with Crippen molar-refractivity contribution in [3.8, 4) is 0 Å². The molecule has 6 nitrogen and oxygen atoms in total. The third kappa shape index (κ3) is 4.55. The van der Waals surface area contributed by atoms with Crippen LogP contribution in [-0.2, 0) is 10.0 Å². The molecule has 2 N–H and O–H groups in total. The Morgan fingerprint density at radius 2 is 1.83 bits per heavy atom. The number of amides is 1. The number of sulfonamides is 1.